The molecule has 0 spiro atoms. The predicted octanol–water partition coefficient (Wildman–Crippen LogP) is 4.46. The van der Waals surface area contributed by atoms with Gasteiger partial charge in [0.1, 0.15) is 18.2 Å². The van der Waals surface area contributed by atoms with E-state index in [-0.39, 0.29) is 24.4 Å². The number of rotatable bonds is 9. The summed E-state index contributed by atoms with van der Waals surface area (Å²) >= 11 is 4.65. The molecule has 190 valence electrons. The van der Waals surface area contributed by atoms with Crippen LogP contribution >= 0.6 is 27.7 Å². The van der Waals surface area contributed by atoms with E-state index in [4.69, 9.17) is 4.74 Å². The van der Waals surface area contributed by atoms with Crippen LogP contribution in [0.2, 0.25) is 0 Å². The fraction of sp³-hybridized carbons (Fsp3) is 0.200. The third kappa shape index (κ3) is 6.71. The molecule has 0 unspecified atom stereocenters. The summed E-state index contributed by atoms with van der Waals surface area (Å²) in [5.41, 5.74) is 3.85. The maximum absolute atomic E-state index is 12.8. The molecular formula is C25H22BrN5O5S. The van der Waals surface area contributed by atoms with Gasteiger partial charge in [-0.25, -0.2) is 5.43 Å². The number of aromatic nitrogens is 1. The first-order valence-corrected chi connectivity index (χ1v) is 12.4. The Morgan fingerprint density at radius 2 is 2.00 bits per heavy atom. The molecule has 12 heteroatoms. The van der Waals surface area contributed by atoms with E-state index < -0.39 is 16.4 Å². The lowest BCUT2D eigenvalue weighted by Crippen LogP contribution is -2.33. The number of nitriles is 1. The van der Waals surface area contributed by atoms with Gasteiger partial charge in [0.15, 0.2) is 0 Å². The molecule has 1 N–H and O–H groups in total. The second-order valence-electron chi connectivity index (χ2n) is 7.88. The minimum Gasteiger partial charge on any atom is -0.380 e. The normalized spacial score (nSPS) is 10.9. The lowest BCUT2D eigenvalue weighted by molar-refractivity contribution is -0.387. The quantitative estimate of drug-likeness (QED) is 0.223. The van der Waals surface area contributed by atoms with Crippen molar-refractivity contribution in [1.29, 1.82) is 5.26 Å². The molecule has 0 aliphatic carbocycles. The number of nitrogens with zero attached hydrogens (tertiary/aromatic N) is 4. The maximum Gasteiger partial charge on any atom is 0.283 e. The summed E-state index contributed by atoms with van der Waals surface area (Å²) in [6.07, 6.45) is 1.28. The smallest absolute Gasteiger partial charge is 0.283 e. The highest BCUT2D eigenvalue weighted by Gasteiger charge is 2.20. The highest BCUT2D eigenvalue weighted by Crippen LogP contribution is 2.35. The van der Waals surface area contributed by atoms with Gasteiger partial charge in [0.25, 0.3) is 17.2 Å². The van der Waals surface area contributed by atoms with Crippen LogP contribution in [0.5, 0.6) is 0 Å². The number of hydrogen-bond donors (Lipinski definition) is 1. The number of carbonyl (C=O) groups is 1. The number of ether oxygens (including phenoxy) is 1. The highest BCUT2D eigenvalue weighted by atomic mass is 79.9. The van der Waals surface area contributed by atoms with Crippen molar-refractivity contribution in [1.82, 2.24) is 9.99 Å². The van der Waals surface area contributed by atoms with Crippen LogP contribution in [0.25, 0.3) is 0 Å². The van der Waals surface area contributed by atoms with Crippen LogP contribution in [0, 0.1) is 35.3 Å². The third-order valence-electron chi connectivity index (χ3n) is 5.28. The summed E-state index contributed by atoms with van der Waals surface area (Å²) in [6.45, 7) is 3.28. The standard InChI is InChI=1S/C25H22BrN5O5S/c1-15-4-7-18(8-5-15)37-22-9-6-17(10-21(22)31(34)35)12-28-29-23(32)13-30-16(2)24(26)20(14-36-3)19(11-27)25(30)33/h4-10,12H,13-14H2,1-3H3,(H,29,32)/b28-12+. The Morgan fingerprint density at radius 1 is 1.30 bits per heavy atom. The van der Waals surface area contributed by atoms with Crippen molar-refractivity contribution in [3.63, 3.8) is 0 Å². The second kappa shape index (κ2) is 12.4. The number of benzene rings is 2. The number of methoxy groups -OCH3 is 1. The van der Waals surface area contributed by atoms with Crippen molar-refractivity contribution in [3.8, 4) is 6.07 Å². The number of hydrazone groups is 1. The number of hydrogen-bond acceptors (Lipinski definition) is 8. The molecule has 1 amide bonds. The SMILES string of the molecule is COCc1c(Br)c(C)n(CC(=O)N/N=C/c2ccc(Sc3ccc(C)cc3)c([N+](=O)[O-])c2)c(=O)c1C#N. The summed E-state index contributed by atoms with van der Waals surface area (Å²) in [6, 6.07) is 14.2. The topological polar surface area (TPSA) is 140 Å². The third-order valence-corrected chi connectivity index (χ3v) is 7.41. The minimum absolute atomic E-state index is 0.0609. The molecule has 0 bridgehead atoms. The van der Waals surface area contributed by atoms with Crippen LogP contribution in [0.4, 0.5) is 5.69 Å². The van der Waals surface area contributed by atoms with Gasteiger partial charge in [0, 0.05) is 39.4 Å². The van der Waals surface area contributed by atoms with Crippen LogP contribution in [-0.4, -0.2) is 28.7 Å². The number of pyridine rings is 1. The lowest BCUT2D eigenvalue weighted by atomic mass is 10.1. The first-order chi connectivity index (χ1) is 17.7. The monoisotopic (exact) mass is 583 g/mol. The Labute approximate surface area is 225 Å². The number of aryl methyl sites for hydroxylation is 1. The molecule has 0 radical (unpaired) electrons. The molecule has 0 saturated heterocycles. The van der Waals surface area contributed by atoms with E-state index in [9.17, 15) is 25.0 Å². The summed E-state index contributed by atoms with van der Waals surface area (Å²) in [7, 11) is 1.45. The molecule has 0 aliphatic rings. The average molecular weight is 584 g/mol. The molecule has 0 atom stereocenters. The predicted molar refractivity (Wildman–Crippen MR) is 143 cm³/mol. The summed E-state index contributed by atoms with van der Waals surface area (Å²) in [5, 5.41) is 24.9. The van der Waals surface area contributed by atoms with E-state index in [0.717, 1.165) is 15.0 Å². The van der Waals surface area contributed by atoms with E-state index in [2.05, 4.69) is 26.5 Å². The number of nitrogens with one attached hydrogen (secondary N) is 1. The Bertz CT molecular complexity index is 1480. The van der Waals surface area contributed by atoms with Crippen LogP contribution < -0.4 is 11.0 Å². The molecule has 0 aliphatic heterocycles. The van der Waals surface area contributed by atoms with Gasteiger partial charge in [0.05, 0.1) is 22.6 Å². The number of nitro groups is 1. The lowest BCUT2D eigenvalue weighted by Gasteiger charge is -2.15. The van der Waals surface area contributed by atoms with E-state index in [0.29, 0.717) is 26.2 Å². The van der Waals surface area contributed by atoms with Gasteiger partial charge in [-0.3, -0.25) is 19.7 Å². The summed E-state index contributed by atoms with van der Waals surface area (Å²) in [5.74, 6) is -0.613. The Hall–Kier alpha value is -3.79. The van der Waals surface area contributed by atoms with Crippen molar-refractivity contribution in [3.05, 3.63) is 95.4 Å². The number of carbonyl (C=O) groups excluding carboxylic acids is 1. The zero-order valence-electron chi connectivity index (χ0n) is 20.1. The van der Waals surface area contributed by atoms with Crippen molar-refractivity contribution in [2.45, 2.75) is 36.8 Å². The zero-order chi connectivity index (χ0) is 27.1. The highest BCUT2D eigenvalue weighted by molar-refractivity contribution is 9.10. The van der Waals surface area contributed by atoms with Crippen LogP contribution in [0.1, 0.15) is 27.9 Å². The van der Waals surface area contributed by atoms with Gasteiger partial charge in [-0.05, 0) is 48.0 Å². The number of nitro benzene ring substituents is 1. The molecule has 0 saturated carbocycles. The molecule has 37 heavy (non-hydrogen) atoms. The minimum atomic E-state index is -0.619. The largest absolute Gasteiger partial charge is 0.380 e. The van der Waals surface area contributed by atoms with Crippen molar-refractivity contribution in [2.75, 3.05) is 7.11 Å². The number of amides is 1. The molecule has 0 fully saturated rings. The first kappa shape index (κ1) is 27.8. The Morgan fingerprint density at radius 3 is 2.62 bits per heavy atom. The zero-order valence-corrected chi connectivity index (χ0v) is 22.6. The fourth-order valence-electron chi connectivity index (χ4n) is 3.38. The molecule has 1 heterocycles. The average Bonchev–Trinajstić information content (AvgIpc) is 2.87. The summed E-state index contributed by atoms with van der Waals surface area (Å²) < 4.78 is 6.73. The maximum atomic E-state index is 12.8. The van der Waals surface area contributed by atoms with E-state index in [1.807, 2.05) is 37.3 Å². The van der Waals surface area contributed by atoms with Gasteiger partial charge in [-0.2, -0.15) is 10.4 Å². The van der Waals surface area contributed by atoms with E-state index in [1.54, 1.807) is 19.1 Å². The number of halogens is 1. The van der Waals surface area contributed by atoms with Crippen molar-refractivity contribution < 1.29 is 14.5 Å². The van der Waals surface area contributed by atoms with Gasteiger partial charge < -0.3 is 9.30 Å². The second-order valence-corrected chi connectivity index (χ2v) is 9.79. The van der Waals surface area contributed by atoms with Gasteiger partial charge in [-0.15, -0.1) is 0 Å². The summed E-state index contributed by atoms with van der Waals surface area (Å²) in [4.78, 5) is 37.7. The van der Waals surface area contributed by atoms with Gasteiger partial charge >= 0.3 is 0 Å². The Balaban J connectivity index is 1.75. The molecule has 1 aromatic heterocycles. The van der Waals surface area contributed by atoms with Gasteiger partial charge in [-0.1, -0.05) is 35.5 Å². The van der Waals surface area contributed by atoms with Crippen LogP contribution in [0.3, 0.4) is 0 Å². The van der Waals surface area contributed by atoms with Gasteiger partial charge in [0.2, 0.25) is 0 Å². The Kier molecular flexibility index (Phi) is 9.35. The van der Waals surface area contributed by atoms with E-state index in [1.165, 1.54) is 31.2 Å². The fourth-order valence-corrected chi connectivity index (χ4v) is 4.81. The van der Waals surface area contributed by atoms with Crippen molar-refractivity contribution >= 4 is 45.5 Å². The molecule has 3 aromatic rings. The molecule has 2 aromatic carbocycles. The molecule has 10 nitrogen and oxygen atoms in total. The molecular weight excluding hydrogens is 562 g/mol. The first-order valence-electron chi connectivity index (χ1n) is 10.8. The van der Waals surface area contributed by atoms with Crippen LogP contribution in [0.15, 0.2) is 66.6 Å². The molecule has 3 rings (SSSR count). The van der Waals surface area contributed by atoms with E-state index >= 15 is 0 Å². The van der Waals surface area contributed by atoms with Crippen molar-refractivity contribution in [2.24, 2.45) is 5.10 Å². The van der Waals surface area contributed by atoms with Crippen LogP contribution in [-0.2, 0) is 22.7 Å².